The summed E-state index contributed by atoms with van der Waals surface area (Å²) < 4.78 is 45.0. The molecule has 1 amide bonds. The smallest absolute Gasteiger partial charge is 0.258 e. The zero-order valence-electron chi connectivity index (χ0n) is 13.3. The molecule has 3 aromatic rings. The first-order valence-electron chi connectivity index (χ1n) is 7.22. The fraction of sp³-hybridized carbons (Fsp3) is 0.125. The number of carbonyl (C=O) groups is 1. The van der Waals surface area contributed by atoms with Gasteiger partial charge in [0.05, 0.1) is 10.5 Å². The van der Waals surface area contributed by atoms with E-state index in [2.05, 4.69) is 15.0 Å². The zero-order chi connectivity index (χ0) is 18.2. The summed E-state index contributed by atoms with van der Waals surface area (Å²) in [6, 6.07) is 7.79. The summed E-state index contributed by atoms with van der Waals surface area (Å²) in [5.41, 5.74) is 1.10. The Balaban J connectivity index is 1.93. The van der Waals surface area contributed by atoms with Crippen LogP contribution in [0.4, 0.5) is 10.1 Å². The Labute approximate surface area is 142 Å². The molecular weight excluding hydrogens is 349 g/mol. The molecule has 0 saturated heterocycles. The molecule has 0 atom stereocenters. The maximum atomic E-state index is 14.0. The van der Waals surface area contributed by atoms with E-state index < -0.39 is 21.7 Å². The first-order chi connectivity index (χ1) is 11.8. The van der Waals surface area contributed by atoms with Crippen molar-refractivity contribution in [3.8, 4) is 0 Å². The number of sulfonamides is 1. The molecule has 0 aliphatic carbocycles. The number of aromatic nitrogens is 1. The molecule has 0 unspecified atom stereocenters. The van der Waals surface area contributed by atoms with Crippen LogP contribution in [-0.2, 0) is 10.0 Å². The molecule has 9 heteroatoms. The quantitative estimate of drug-likeness (QED) is 0.741. The predicted octanol–water partition coefficient (Wildman–Crippen LogP) is 2.44. The monoisotopic (exact) mass is 363 g/mol. The van der Waals surface area contributed by atoms with E-state index >= 15 is 0 Å². The number of halogens is 1. The van der Waals surface area contributed by atoms with Crippen LogP contribution in [0.15, 0.2) is 45.7 Å². The fourth-order valence-corrected chi connectivity index (χ4v) is 3.04. The third-order valence-corrected chi connectivity index (χ3v) is 4.93. The van der Waals surface area contributed by atoms with E-state index in [1.807, 2.05) is 0 Å². The summed E-state index contributed by atoms with van der Waals surface area (Å²) >= 11 is 0. The second-order valence-corrected chi connectivity index (χ2v) is 7.11. The van der Waals surface area contributed by atoms with Crippen molar-refractivity contribution in [3.05, 3.63) is 53.7 Å². The Morgan fingerprint density at radius 1 is 1.20 bits per heavy atom. The highest BCUT2D eigenvalue weighted by atomic mass is 32.2. The summed E-state index contributed by atoms with van der Waals surface area (Å²) in [5.74, 6) is -1.12. The Bertz CT molecular complexity index is 1080. The summed E-state index contributed by atoms with van der Waals surface area (Å²) in [4.78, 5) is 16.3. The van der Waals surface area contributed by atoms with E-state index in [0.29, 0.717) is 22.7 Å². The summed E-state index contributed by atoms with van der Waals surface area (Å²) in [6.45, 7) is 1.70. The molecule has 1 aromatic heterocycles. The average Bonchev–Trinajstić information content (AvgIpc) is 2.94. The number of nitrogens with one attached hydrogen (secondary N) is 2. The number of nitrogens with zero attached hydrogens (tertiary/aromatic N) is 1. The lowest BCUT2D eigenvalue weighted by Crippen LogP contribution is -2.20. The maximum absolute atomic E-state index is 14.0. The van der Waals surface area contributed by atoms with Gasteiger partial charge in [-0.15, -0.1) is 0 Å². The fourth-order valence-electron chi connectivity index (χ4n) is 2.28. The number of benzene rings is 2. The van der Waals surface area contributed by atoms with E-state index in [1.54, 1.807) is 25.1 Å². The van der Waals surface area contributed by atoms with Gasteiger partial charge in [0.15, 0.2) is 11.5 Å². The average molecular weight is 363 g/mol. The molecule has 7 nitrogen and oxygen atoms in total. The molecule has 130 valence electrons. The number of anilines is 1. The molecule has 0 aliphatic heterocycles. The summed E-state index contributed by atoms with van der Waals surface area (Å²) in [7, 11) is -2.56. The molecule has 25 heavy (non-hydrogen) atoms. The van der Waals surface area contributed by atoms with Gasteiger partial charge in [0.1, 0.15) is 11.3 Å². The number of hydrogen-bond donors (Lipinski definition) is 2. The molecule has 0 aliphatic rings. The molecule has 2 N–H and O–H groups in total. The van der Waals surface area contributed by atoms with E-state index in [-0.39, 0.29) is 10.5 Å². The van der Waals surface area contributed by atoms with Gasteiger partial charge in [-0.1, -0.05) is 0 Å². The van der Waals surface area contributed by atoms with Crippen LogP contribution in [0.2, 0.25) is 0 Å². The lowest BCUT2D eigenvalue weighted by Gasteiger charge is -2.08. The molecule has 0 saturated carbocycles. The lowest BCUT2D eigenvalue weighted by atomic mass is 10.2. The second-order valence-electron chi connectivity index (χ2n) is 5.22. The minimum atomic E-state index is -3.79. The predicted molar refractivity (Wildman–Crippen MR) is 89.3 cm³/mol. The van der Waals surface area contributed by atoms with Gasteiger partial charge in [-0.3, -0.25) is 4.79 Å². The number of amides is 1. The maximum Gasteiger partial charge on any atom is 0.258 e. The molecule has 0 radical (unpaired) electrons. The van der Waals surface area contributed by atoms with Crippen LogP contribution < -0.4 is 10.0 Å². The number of rotatable bonds is 4. The van der Waals surface area contributed by atoms with Crippen molar-refractivity contribution in [2.24, 2.45) is 0 Å². The van der Waals surface area contributed by atoms with Crippen molar-refractivity contribution in [1.29, 1.82) is 0 Å². The van der Waals surface area contributed by atoms with E-state index in [0.717, 1.165) is 18.2 Å². The Morgan fingerprint density at radius 2 is 1.96 bits per heavy atom. The Morgan fingerprint density at radius 3 is 2.68 bits per heavy atom. The van der Waals surface area contributed by atoms with E-state index in [1.165, 1.54) is 7.05 Å². The van der Waals surface area contributed by atoms with Gasteiger partial charge in [0.2, 0.25) is 10.0 Å². The van der Waals surface area contributed by atoms with Gasteiger partial charge in [0, 0.05) is 12.6 Å². The minimum absolute atomic E-state index is 0.205. The van der Waals surface area contributed by atoms with Crippen LogP contribution in [0.1, 0.15) is 16.2 Å². The number of hydrogen-bond acceptors (Lipinski definition) is 5. The SMILES string of the molecule is CNS(=O)(=O)c1ccc(F)c(C(=O)Nc2ccc3oc(C)nc3c2)c1. The molecular formula is C16H14FN3O4S. The first kappa shape index (κ1) is 17.1. The van der Waals surface area contributed by atoms with E-state index in [9.17, 15) is 17.6 Å². The topological polar surface area (TPSA) is 101 Å². The summed E-state index contributed by atoms with van der Waals surface area (Å²) in [6.07, 6.45) is 0. The van der Waals surface area contributed by atoms with Gasteiger partial charge in [0.25, 0.3) is 5.91 Å². The largest absolute Gasteiger partial charge is 0.441 e. The van der Waals surface area contributed by atoms with Crippen molar-refractivity contribution in [1.82, 2.24) is 9.71 Å². The van der Waals surface area contributed by atoms with Crippen LogP contribution in [0.25, 0.3) is 11.1 Å². The Hall–Kier alpha value is -2.78. The molecule has 0 spiro atoms. The third-order valence-electron chi connectivity index (χ3n) is 3.51. The van der Waals surface area contributed by atoms with Crippen LogP contribution in [0, 0.1) is 12.7 Å². The molecule has 3 rings (SSSR count). The molecule has 0 bridgehead atoms. The van der Waals surface area contributed by atoms with Crippen molar-refractivity contribution < 1.29 is 22.0 Å². The Kier molecular flexibility index (Phi) is 4.27. The molecule has 2 aromatic carbocycles. The first-order valence-corrected chi connectivity index (χ1v) is 8.70. The van der Waals surface area contributed by atoms with Crippen molar-refractivity contribution in [2.45, 2.75) is 11.8 Å². The van der Waals surface area contributed by atoms with Crippen LogP contribution in [0.5, 0.6) is 0 Å². The highest BCUT2D eigenvalue weighted by Crippen LogP contribution is 2.21. The van der Waals surface area contributed by atoms with Crippen molar-refractivity contribution in [3.63, 3.8) is 0 Å². The van der Waals surface area contributed by atoms with Gasteiger partial charge in [-0.05, 0) is 43.4 Å². The highest BCUT2D eigenvalue weighted by molar-refractivity contribution is 7.89. The van der Waals surface area contributed by atoms with Crippen LogP contribution in [0.3, 0.4) is 0 Å². The lowest BCUT2D eigenvalue weighted by molar-refractivity contribution is 0.102. The minimum Gasteiger partial charge on any atom is -0.441 e. The van der Waals surface area contributed by atoms with Crippen molar-refractivity contribution in [2.75, 3.05) is 12.4 Å². The number of aryl methyl sites for hydroxylation is 1. The standard InChI is InChI=1S/C16H14FN3O4S/c1-9-19-14-7-10(3-6-15(14)24-9)20-16(21)12-8-11(4-5-13(12)17)25(22,23)18-2/h3-8,18H,1-2H3,(H,20,21). The number of oxazole rings is 1. The number of fused-ring (bicyclic) bond motifs is 1. The van der Waals surface area contributed by atoms with E-state index in [4.69, 9.17) is 4.42 Å². The molecule has 1 heterocycles. The van der Waals surface area contributed by atoms with Gasteiger partial charge < -0.3 is 9.73 Å². The normalized spacial score (nSPS) is 11.6. The third kappa shape index (κ3) is 3.37. The second kappa shape index (κ2) is 6.26. The zero-order valence-corrected chi connectivity index (χ0v) is 14.1. The number of carbonyl (C=O) groups excluding carboxylic acids is 1. The van der Waals surface area contributed by atoms with Crippen LogP contribution >= 0.6 is 0 Å². The van der Waals surface area contributed by atoms with Crippen molar-refractivity contribution >= 4 is 32.7 Å². The highest BCUT2D eigenvalue weighted by Gasteiger charge is 2.18. The van der Waals surface area contributed by atoms with Gasteiger partial charge in [-0.25, -0.2) is 22.5 Å². The van der Waals surface area contributed by atoms with Gasteiger partial charge in [-0.2, -0.15) is 0 Å². The molecule has 0 fully saturated rings. The summed E-state index contributed by atoms with van der Waals surface area (Å²) in [5, 5.41) is 2.52. The van der Waals surface area contributed by atoms with Gasteiger partial charge >= 0.3 is 0 Å². The van der Waals surface area contributed by atoms with Crippen LogP contribution in [-0.4, -0.2) is 26.4 Å².